The van der Waals surface area contributed by atoms with Gasteiger partial charge >= 0.3 is 0 Å². The molecule has 84 valence electrons. The Balaban J connectivity index is 2.86. The molecule has 0 amide bonds. The number of aryl methyl sites for hydroxylation is 1. The Bertz CT molecular complexity index is 535. The molecule has 1 heterocycles. The standard InChI is InChI=1S/C13H16N2O/c1-4-10-8(2)12(14)9-6-5-7-11(16-3)13(9)15-10/h5-7H,4H2,1-3H3,(H2,14,15). The first-order valence-electron chi connectivity index (χ1n) is 5.40. The van der Waals surface area contributed by atoms with Crippen LogP contribution in [0.4, 0.5) is 5.69 Å². The van der Waals surface area contributed by atoms with Crippen LogP contribution in [0.3, 0.4) is 0 Å². The second-order valence-electron chi connectivity index (χ2n) is 3.81. The number of nitrogens with two attached hydrogens (primary N) is 1. The molecule has 0 bridgehead atoms. The molecule has 0 aliphatic rings. The number of methoxy groups -OCH3 is 1. The maximum Gasteiger partial charge on any atom is 0.145 e. The van der Waals surface area contributed by atoms with Gasteiger partial charge in [0.25, 0.3) is 0 Å². The number of hydrogen-bond acceptors (Lipinski definition) is 3. The van der Waals surface area contributed by atoms with Crippen molar-refractivity contribution in [2.75, 3.05) is 12.8 Å². The van der Waals surface area contributed by atoms with Gasteiger partial charge in [0.2, 0.25) is 0 Å². The zero-order valence-corrected chi connectivity index (χ0v) is 9.87. The van der Waals surface area contributed by atoms with E-state index in [4.69, 9.17) is 10.5 Å². The summed E-state index contributed by atoms with van der Waals surface area (Å²) in [6.07, 6.45) is 0.879. The lowest BCUT2D eigenvalue weighted by molar-refractivity contribution is 0.419. The molecule has 0 aliphatic heterocycles. The van der Waals surface area contributed by atoms with Gasteiger partial charge in [-0.2, -0.15) is 0 Å². The SMILES string of the molecule is CCc1nc2c(OC)cccc2c(N)c1C. The highest BCUT2D eigenvalue weighted by molar-refractivity contribution is 5.95. The van der Waals surface area contributed by atoms with Crippen molar-refractivity contribution in [1.82, 2.24) is 4.98 Å². The average Bonchev–Trinajstić information content (AvgIpc) is 2.33. The molecule has 0 atom stereocenters. The van der Waals surface area contributed by atoms with E-state index in [9.17, 15) is 0 Å². The van der Waals surface area contributed by atoms with Crippen molar-refractivity contribution in [2.45, 2.75) is 20.3 Å². The number of hydrogen-bond donors (Lipinski definition) is 1. The molecule has 0 saturated heterocycles. The lowest BCUT2D eigenvalue weighted by Crippen LogP contribution is -2.01. The first kappa shape index (κ1) is 10.7. The quantitative estimate of drug-likeness (QED) is 0.839. The second-order valence-corrected chi connectivity index (χ2v) is 3.81. The highest BCUT2D eigenvalue weighted by atomic mass is 16.5. The van der Waals surface area contributed by atoms with Crippen molar-refractivity contribution >= 4 is 16.6 Å². The molecule has 0 unspecified atom stereocenters. The third kappa shape index (κ3) is 1.48. The third-order valence-electron chi connectivity index (χ3n) is 2.93. The van der Waals surface area contributed by atoms with Gasteiger partial charge in [0.1, 0.15) is 11.3 Å². The van der Waals surface area contributed by atoms with Crippen LogP contribution in [0.15, 0.2) is 18.2 Å². The van der Waals surface area contributed by atoms with E-state index in [-0.39, 0.29) is 0 Å². The summed E-state index contributed by atoms with van der Waals surface area (Å²) >= 11 is 0. The minimum absolute atomic E-state index is 0.777. The van der Waals surface area contributed by atoms with Crippen LogP contribution < -0.4 is 10.5 Å². The van der Waals surface area contributed by atoms with Gasteiger partial charge in [0, 0.05) is 16.8 Å². The number of nitrogen functional groups attached to an aromatic ring is 1. The van der Waals surface area contributed by atoms with Crippen molar-refractivity contribution in [2.24, 2.45) is 0 Å². The maximum absolute atomic E-state index is 6.12. The summed E-state index contributed by atoms with van der Waals surface area (Å²) in [6.45, 7) is 4.09. The Kier molecular flexibility index (Phi) is 2.69. The van der Waals surface area contributed by atoms with Gasteiger partial charge in [-0.1, -0.05) is 19.1 Å². The molecule has 0 aliphatic carbocycles. The first-order chi connectivity index (χ1) is 7.69. The molecule has 0 radical (unpaired) electrons. The Morgan fingerprint density at radius 3 is 2.75 bits per heavy atom. The summed E-state index contributed by atoms with van der Waals surface area (Å²) in [5.74, 6) is 0.777. The van der Waals surface area contributed by atoms with E-state index in [1.807, 2.05) is 25.1 Å². The fraction of sp³-hybridized carbons (Fsp3) is 0.308. The maximum atomic E-state index is 6.12. The second kappa shape index (κ2) is 4.00. The summed E-state index contributed by atoms with van der Waals surface area (Å²) in [7, 11) is 1.65. The largest absolute Gasteiger partial charge is 0.494 e. The Labute approximate surface area is 95.2 Å². The molecule has 2 N–H and O–H groups in total. The number of benzene rings is 1. The van der Waals surface area contributed by atoms with Crippen molar-refractivity contribution in [3.8, 4) is 5.75 Å². The number of para-hydroxylation sites is 1. The van der Waals surface area contributed by atoms with E-state index >= 15 is 0 Å². The molecule has 3 nitrogen and oxygen atoms in total. The molecule has 0 spiro atoms. The number of pyridine rings is 1. The minimum Gasteiger partial charge on any atom is -0.494 e. The fourth-order valence-corrected chi connectivity index (χ4v) is 1.94. The van der Waals surface area contributed by atoms with Crippen LogP contribution in [-0.4, -0.2) is 12.1 Å². The first-order valence-corrected chi connectivity index (χ1v) is 5.40. The van der Waals surface area contributed by atoms with E-state index in [1.165, 1.54) is 0 Å². The number of nitrogens with zero attached hydrogens (tertiary/aromatic N) is 1. The van der Waals surface area contributed by atoms with Crippen molar-refractivity contribution in [3.05, 3.63) is 29.5 Å². The fourth-order valence-electron chi connectivity index (χ4n) is 1.94. The van der Waals surface area contributed by atoms with Gasteiger partial charge in [-0.25, -0.2) is 4.98 Å². The lowest BCUT2D eigenvalue weighted by atomic mass is 10.1. The van der Waals surface area contributed by atoms with Gasteiger partial charge in [0.15, 0.2) is 0 Å². The molecule has 1 aromatic heterocycles. The number of fused-ring (bicyclic) bond motifs is 1. The molecular weight excluding hydrogens is 200 g/mol. The predicted molar refractivity (Wildman–Crippen MR) is 66.8 cm³/mol. The molecule has 0 fully saturated rings. The zero-order chi connectivity index (χ0) is 11.7. The molecule has 1 aromatic carbocycles. The normalized spacial score (nSPS) is 10.7. The third-order valence-corrected chi connectivity index (χ3v) is 2.93. The monoisotopic (exact) mass is 216 g/mol. The van der Waals surface area contributed by atoms with Gasteiger partial charge in [-0.15, -0.1) is 0 Å². The van der Waals surface area contributed by atoms with Crippen LogP contribution in [-0.2, 0) is 6.42 Å². The summed E-state index contributed by atoms with van der Waals surface area (Å²) in [6, 6.07) is 5.82. The zero-order valence-electron chi connectivity index (χ0n) is 9.87. The van der Waals surface area contributed by atoms with E-state index in [0.717, 1.165) is 40.0 Å². The number of anilines is 1. The molecule has 3 heteroatoms. The van der Waals surface area contributed by atoms with E-state index in [1.54, 1.807) is 7.11 Å². The van der Waals surface area contributed by atoms with Crippen LogP contribution in [0.25, 0.3) is 10.9 Å². The van der Waals surface area contributed by atoms with Gasteiger partial charge in [-0.05, 0) is 25.0 Å². The highest BCUT2D eigenvalue weighted by Gasteiger charge is 2.10. The van der Waals surface area contributed by atoms with Crippen LogP contribution in [0, 0.1) is 6.92 Å². The van der Waals surface area contributed by atoms with Gasteiger partial charge in [-0.3, -0.25) is 0 Å². The van der Waals surface area contributed by atoms with E-state index < -0.39 is 0 Å². The summed E-state index contributed by atoms with van der Waals surface area (Å²) in [5.41, 5.74) is 9.89. The van der Waals surface area contributed by atoms with Crippen molar-refractivity contribution in [1.29, 1.82) is 0 Å². The Morgan fingerprint density at radius 2 is 2.12 bits per heavy atom. The predicted octanol–water partition coefficient (Wildman–Crippen LogP) is 2.70. The van der Waals surface area contributed by atoms with E-state index in [0.29, 0.717) is 0 Å². The molecule has 0 saturated carbocycles. The molecule has 2 aromatic rings. The summed E-state index contributed by atoms with van der Waals surface area (Å²) < 4.78 is 5.30. The van der Waals surface area contributed by atoms with Crippen LogP contribution >= 0.6 is 0 Å². The average molecular weight is 216 g/mol. The van der Waals surface area contributed by atoms with Crippen molar-refractivity contribution < 1.29 is 4.74 Å². The van der Waals surface area contributed by atoms with Gasteiger partial charge < -0.3 is 10.5 Å². The lowest BCUT2D eigenvalue weighted by Gasteiger charge is -2.12. The van der Waals surface area contributed by atoms with Gasteiger partial charge in [0.05, 0.1) is 7.11 Å². The minimum atomic E-state index is 0.777. The van der Waals surface area contributed by atoms with E-state index in [2.05, 4.69) is 11.9 Å². The van der Waals surface area contributed by atoms with Crippen molar-refractivity contribution in [3.63, 3.8) is 0 Å². The number of rotatable bonds is 2. The number of aromatic nitrogens is 1. The highest BCUT2D eigenvalue weighted by Crippen LogP contribution is 2.31. The molecule has 16 heavy (non-hydrogen) atoms. The Hall–Kier alpha value is -1.77. The smallest absolute Gasteiger partial charge is 0.145 e. The topological polar surface area (TPSA) is 48.1 Å². The summed E-state index contributed by atoms with van der Waals surface area (Å²) in [5, 5.41) is 0.967. The number of ether oxygens (including phenoxy) is 1. The van der Waals surface area contributed by atoms with Crippen LogP contribution in [0.2, 0.25) is 0 Å². The summed E-state index contributed by atoms with van der Waals surface area (Å²) in [4.78, 5) is 4.62. The van der Waals surface area contributed by atoms with Crippen LogP contribution in [0.1, 0.15) is 18.2 Å². The van der Waals surface area contributed by atoms with Crippen LogP contribution in [0.5, 0.6) is 5.75 Å². The molecular formula is C13H16N2O. The Morgan fingerprint density at radius 1 is 1.38 bits per heavy atom. The molecule has 2 rings (SSSR count).